The third kappa shape index (κ3) is 4.38. The molecule has 36 heavy (non-hydrogen) atoms. The van der Waals surface area contributed by atoms with Crippen LogP contribution in [0.1, 0.15) is 34.3 Å². The second kappa shape index (κ2) is 9.92. The van der Waals surface area contributed by atoms with Crippen LogP contribution < -0.4 is 10.2 Å². The van der Waals surface area contributed by atoms with Crippen LogP contribution in [0.3, 0.4) is 0 Å². The van der Waals surface area contributed by atoms with Crippen LogP contribution in [-0.4, -0.2) is 35.9 Å². The Labute approximate surface area is 208 Å². The van der Waals surface area contributed by atoms with Gasteiger partial charge < -0.3 is 15.0 Å². The number of rotatable bonds is 8. The normalized spacial score (nSPS) is 14.1. The van der Waals surface area contributed by atoms with Crippen LogP contribution in [0.15, 0.2) is 96.8 Å². The van der Waals surface area contributed by atoms with Crippen LogP contribution in [0.2, 0.25) is 0 Å². The standard InChI is InChI=1S/C29H25N3O4/c1-2-36-29(35)20-12-14-21(15-13-20)32-27(33)16-26(28(32)34)31-17-23(19-8-4-3-5-9-19)24-18-30-25-11-7-6-10-22(24)25/h3-16,18,23,30-31H,2,17H2,1H3/t23-/m1/s1. The number of esters is 1. The molecule has 0 aliphatic carbocycles. The van der Waals surface area contributed by atoms with Crippen molar-refractivity contribution in [1.29, 1.82) is 0 Å². The quantitative estimate of drug-likeness (QED) is 0.286. The van der Waals surface area contributed by atoms with Gasteiger partial charge in [0.05, 0.1) is 17.9 Å². The molecule has 0 saturated carbocycles. The van der Waals surface area contributed by atoms with Gasteiger partial charge >= 0.3 is 5.97 Å². The number of para-hydroxylation sites is 1. The van der Waals surface area contributed by atoms with Crippen molar-refractivity contribution in [2.75, 3.05) is 18.1 Å². The molecule has 0 unspecified atom stereocenters. The first-order valence-electron chi connectivity index (χ1n) is 11.8. The number of carbonyl (C=O) groups excluding carboxylic acids is 3. The maximum atomic E-state index is 13.2. The highest BCUT2D eigenvalue weighted by Gasteiger charge is 2.33. The molecule has 1 aromatic heterocycles. The van der Waals surface area contributed by atoms with Crippen molar-refractivity contribution in [2.45, 2.75) is 12.8 Å². The van der Waals surface area contributed by atoms with Crippen LogP contribution in [-0.2, 0) is 14.3 Å². The Hall–Kier alpha value is -4.65. The van der Waals surface area contributed by atoms with E-state index in [2.05, 4.69) is 28.5 Å². The number of fused-ring (bicyclic) bond motifs is 1. The van der Waals surface area contributed by atoms with E-state index in [-0.39, 0.29) is 18.2 Å². The summed E-state index contributed by atoms with van der Waals surface area (Å²) >= 11 is 0. The Kier molecular flexibility index (Phi) is 6.36. The summed E-state index contributed by atoms with van der Waals surface area (Å²) in [6, 6.07) is 24.4. The molecule has 4 aromatic rings. The summed E-state index contributed by atoms with van der Waals surface area (Å²) in [5.41, 5.74) is 4.22. The molecule has 0 radical (unpaired) electrons. The highest BCUT2D eigenvalue weighted by atomic mass is 16.5. The monoisotopic (exact) mass is 479 g/mol. The van der Waals surface area contributed by atoms with Crippen molar-refractivity contribution < 1.29 is 19.1 Å². The van der Waals surface area contributed by atoms with E-state index >= 15 is 0 Å². The summed E-state index contributed by atoms with van der Waals surface area (Å²) in [6.45, 7) is 2.42. The number of carbonyl (C=O) groups is 3. The van der Waals surface area contributed by atoms with Gasteiger partial charge in [0.2, 0.25) is 0 Å². The van der Waals surface area contributed by atoms with Gasteiger partial charge in [0, 0.05) is 35.6 Å². The highest BCUT2D eigenvalue weighted by Crippen LogP contribution is 2.31. The van der Waals surface area contributed by atoms with Crippen molar-refractivity contribution in [1.82, 2.24) is 10.3 Å². The van der Waals surface area contributed by atoms with Crippen molar-refractivity contribution in [2.24, 2.45) is 0 Å². The van der Waals surface area contributed by atoms with E-state index in [4.69, 9.17) is 4.74 Å². The predicted octanol–water partition coefficient (Wildman–Crippen LogP) is 4.52. The molecule has 7 nitrogen and oxygen atoms in total. The van der Waals surface area contributed by atoms with Crippen molar-refractivity contribution in [3.8, 4) is 0 Å². The van der Waals surface area contributed by atoms with Gasteiger partial charge in [-0.1, -0.05) is 48.5 Å². The van der Waals surface area contributed by atoms with Gasteiger partial charge in [0.15, 0.2) is 0 Å². The molecule has 1 aliphatic rings. The zero-order valence-corrected chi connectivity index (χ0v) is 19.7. The number of hydrogen-bond acceptors (Lipinski definition) is 5. The van der Waals surface area contributed by atoms with Crippen molar-refractivity contribution in [3.63, 3.8) is 0 Å². The van der Waals surface area contributed by atoms with Gasteiger partial charge in [0.1, 0.15) is 5.70 Å². The van der Waals surface area contributed by atoms with Gasteiger partial charge in [-0.25, -0.2) is 9.69 Å². The van der Waals surface area contributed by atoms with Crippen LogP contribution in [0.25, 0.3) is 10.9 Å². The fraction of sp³-hybridized carbons (Fsp3) is 0.138. The molecule has 7 heteroatoms. The van der Waals surface area contributed by atoms with Gasteiger partial charge in [-0.15, -0.1) is 0 Å². The first-order valence-corrected chi connectivity index (χ1v) is 11.8. The number of anilines is 1. The predicted molar refractivity (Wildman–Crippen MR) is 138 cm³/mol. The molecule has 5 rings (SSSR count). The van der Waals surface area contributed by atoms with Gasteiger partial charge in [-0.05, 0) is 48.4 Å². The van der Waals surface area contributed by atoms with E-state index in [0.29, 0.717) is 17.8 Å². The number of nitrogens with one attached hydrogen (secondary N) is 2. The molecule has 2 amide bonds. The van der Waals surface area contributed by atoms with E-state index in [1.54, 1.807) is 31.2 Å². The molecule has 0 fully saturated rings. The minimum absolute atomic E-state index is 0.0518. The maximum absolute atomic E-state index is 13.2. The summed E-state index contributed by atoms with van der Waals surface area (Å²) in [6.07, 6.45) is 3.32. The lowest BCUT2D eigenvalue weighted by atomic mass is 9.91. The summed E-state index contributed by atoms with van der Waals surface area (Å²) in [4.78, 5) is 42.2. The van der Waals surface area contributed by atoms with Gasteiger partial charge in [0.25, 0.3) is 11.8 Å². The highest BCUT2D eigenvalue weighted by molar-refractivity contribution is 6.30. The molecule has 1 atom stereocenters. The molecule has 0 spiro atoms. The third-order valence-electron chi connectivity index (χ3n) is 6.25. The average molecular weight is 480 g/mol. The lowest BCUT2D eigenvalue weighted by molar-refractivity contribution is -0.120. The first-order chi connectivity index (χ1) is 17.6. The Morgan fingerprint density at radius 3 is 2.44 bits per heavy atom. The third-order valence-corrected chi connectivity index (χ3v) is 6.25. The largest absolute Gasteiger partial charge is 0.462 e. The van der Waals surface area contributed by atoms with E-state index in [1.807, 2.05) is 42.6 Å². The summed E-state index contributed by atoms with van der Waals surface area (Å²) in [7, 11) is 0. The Bertz CT molecular complexity index is 1450. The summed E-state index contributed by atoms with van der Waals surface area (Å²) in [5.74, 6) is -1.37. The van der Waals surface area contributed by atoms with E-state index in [0.717, 1.165) is 26.9 Å². The number of nitrogens with zero attached hydrogens (tertiary/aromatic N) is 1. The Balaban J connectivity index is 1.36. The molecular weight excluding hydrogens is 454 g/mol. The van der Waals surface area contributed by atoms with E-state index in [9.17, 15) is 14.4 Å². The molecular formula is C29H25N3O4. The van der Waals surface area contributed by atoms with Gasteiger partial charge in [-0.2, -0.15) is 0 Å². The Morgan fingerprint density at radius 1 is 0.972 bits per heavy atom. The fourth-order valence-electron chi connectivity index (χ4n) is 4.49. The van der Waals surface area contributed by atoms with Crippen LogP contribution in [0.5, 0.6) is 0 Å². The van der Waals surface area contributed by atoms with E-state index in [1.165, 1.54) is 6.08 Å². The molecule has 2 heterocycles. The summed E-state index contributed by atoms with van der Waals surface area (Å²) in [5, 5.41) is 4.33. The summed E-state index contributed by atoms with van der Waals surface area (Å²) < 4.78 is 4.99. The number of aromatic nitrogens is 1. The van der Waals surface area contributed by atoms with E-state index < -0.39 is 17.8 Å². The fourth-order valence-corrected chi connectivity index (χ4v) is 4.49. The topological polar surface area (TPSA) is 91.5 Å². The number of hydrogen-bond donors (Lipinski definition) is 2. The Morgan fingerprint density at radius 2 is 1.69 bits per heavy atom. The zero-order valence-electron chi connectivity index (χ0n) is 19.7. The molecule has 1 aliphatic heterocycles. The van der Waals surface area contributed by atoms with Crippen LogP contribution in [0, 0.1) is 0 Å². The molecule has 0 bridgehead atoms. The second-order valence-electron chi connectivity index (χ2n) is 8.44. The maximum Gasteiger partial charge on any atom is 0.338 e. The number of amides is 2. The molecule has 3 aromatic carbocycles. The SMILES string of the molecule is CCOC(=O)c1ccc(N2C(=O)C=C(NC[C@H](c3ccccc3)c3c[nH]c4ccccc34)C2=O)cc1. The zero-order chi connectivity index (χ0) is 25.1. The lowest BCUT2D eigenvalue weighted by Gasteiger charge is -2.20. The molecule has 0 saturated heterocycles. The number of aromatic amines is 1. The van der Waals surface area contributed by atoms with Crippen molar-refractivity contribution >= 4 is 34.4 Å². The minimum atomic E-state index is -0.451. The molecule has 2 N–H and O–H groups in total. The minimum Gasteiger partial charge on any atom is -0.462 e. The average Bonchev–Trinajstić information content (AvgIpc) is 3.45. The number of H-pyrrole nitrogens is 1. The number of imide groups is 1. The van der Waals surface area contributed by atoms with Crippen LogP contribution in [0.4, 0.5) is 5.69 Å². The number of ether oxygens (including phenoxy) is 1. The molecule has 180 valence electrons. The van der Waals surface area contributed by atoms with Gasteiger partial charge in [-0.3, -0.25) is 9.59 Å². The smallest absolute Gasteiger partial charge is 0.338 e. The van der Waals surface area contributed by atoms with Crippen molar-refractivity contribution in [3.05, 3.63) is 114 Å². The van der Waals surface area contributed by atoms with Crippen LogP contribution >= 0.6 is 0 Å². The number of benzene rings is 3. The second-order valence-corrected chi connectivity index (χ2v) is 8.44. The lowest BCUT2D eigenvalue weighted by Crippen LogP contribution is -2.34. The first kappa shape index (κ1) is 23.1.